The van der Waals surface area contributed by atoms with E-state index < -0.39 is 0 Å². The minimum atomic E-state index is 0.639. The molecule has 18 heavy (non-hydrogen) atoms. The second-order valence-electron chi connectivity index (χ2n) is 4.05. The van der Waals surface area contributed by atoms with Crippen molar-refractivity contribution >= 4 is 5.82 Å². The monoisotopic (exact) mass is 239 g/mol. The summed E-state index contributed by atoms with van der Waals surface area (Å²) in [5.74, 6) is 0.639. The van der Waals surface area contributed by atoms with Crippen molar-refractivity contribution in [3.05, 3.63) is 48.8 Å². The average molecular weight is 239 g/mol. The number of hydrogen-bond acceptors (Lipinski definition) is 3. The van der Waals surface area contributed by atoms with Crippen LogP contribution in [0.1, 0.15) is 0 Å². The predicted molar refractivity (Wildman–Crippen MR) is 70.2 cm³/mol. The van der Waals surface area contributed by atoms with Gasteiger partial charge in [-0.3, -0.25) is 4.68 Å². The van der Waals surface area contributed by atoms with E-state index in [1.807, 2.05) is 54.3 Å². The summed E-state index contributed by atoms with van der Waals surface area (Å²) >= 11 is 0. The first-order valence-corrected chi connectivity index (χ1v) is 5.64. The molecule has 0 atom stereocenters. The number of rotatable bonds is 2. The van der Waals surface area contributed by atoms with Crippen LogP contribution in [0.25, 0.3) is 16.9 Å². The minimum absolute atomic E-state index is 0.639. The average Bonchev–Trinajstić information content (AvgIpc) is 3.01. The smallest absolute Gasteiger partial charge is 0.121 e. The molecule has 2 N–H and O–H groups in total. The molecule has 90 valence electrons. The van der Waals surface area contributed by atoms with Gasteiger partial charge in [-0.15, -0.1) is 0 Å². The summed E-state index contributed by atoms with van der Waals surface area (Å²) in [6.45, 7) is 0. The maximum atomic E-state index is 5.82. The Hall–Kier alpha value is -2.56. The molecular formula is C13H13N5. The molecule has 0 bridgehead atoms. The van der Waals surface area contributed by atoms with Crippen molar-refractivity contribution in [2.75, 3.05) is 5.73 Å². The Kier molecular flexibility index (Phi) is 2.37. The fraction of sp³-hybridized carbons (Fsp3) is 0.0769. The summed E-state index contributed by atoms with van der Waals surface area (Å²) in [4.78, 5) is 0. The van der Waals surface area contributed by atoms with E-state index in [4.69, 9.17) is 5.73 Å². The Morgan fingerprint density at radius 2 is 2.00 bits per heavy atom. The molecule has 0 aliphatic heterocycles. The van der Waals surface area contributed by atoms with Gasteiger partial charge in [0, 0.05) is 31.1 Å². The molecule has 3 rings (SSSR count). The van der Waals surface area contributed by atoms with Gasteiger partial charge in [-0.25, -0.2) is 4.68 Å². The number of anilines is 1. The predicted octanol–water partition coefficient (Wildman–Crippen LogP) is 1.85. The highest BCUT2D eigenvalue weighted by Crippen LogP contribution is 2.26. The summed E-state index contributed by atoms with van der Waals surface area (Å²) in [6.07, 6.45) is 3.66. The summed E-state index contributed by atoms with van der Waals surface area (Å²) in [5, 5.41) is 8.65. The first-order valence-electron chi connectivity index (χ1n) is 5.64. The lowest BCUT2D eigenvalue weighted by Crippen LogP contribution is -1.98. The summed E-state index contributed by atoms with van der Waals surface area (Å²) < 4.78 is 3.48. The van der Waals surface area contributed by atoms with Crippen LogP contribution in [0.3, 0.4) is 0 Å². The van der Waals surface area contributed by atoms with Crippen molar-refractivity contribution < 1.29 is 0 Å². The minimum Gasteiger partial charge on any atom is -0.384 e. The standard InChI is InChI=1S/C13H13N5/c1-17-13(14)9-11(16-17)10-5-2-3-6-12(10)18-8-4-7-15-18/h2-9H,14H2,1H3. The summed E-state index contributed by atoms with van der Waals surface area (Å²) in [7, 11) is 1.83. The molecule has 0 saturated heterocycles. The van der Waals surface area contributed by atoms with Gasteiger partial charge in [-0.2, -0.15) is 10.2 Å². The topological polar surface area (TPSA) is 61.7 Å². The molecule has 0 radical (unpaired) electrons. The maximum Gasteiger partial charge on any atom is 0.121 e. The van der Waals surface area contributed by atoms with Crippen molar-refractivity contribution in [1.29, 1.82) is 0 Å². The third-order valence-corrected chi connectivity index (χ3v) is 2.85. The largest absolute Gasteiger partial charge is 0.384 e. The van der Waals surface area contributed by atoms with Crippen molar-refractivity contribution in [3.8, 4) is 16.9 Å². The van der Waals surface area contributed by atoms with E-state index in [-0.39, 0.29) is 0 Å². The van der Waals surface area contributed by atoms with Crippen LogP contribution in [-0.4, -0.2) is 19.6 Å². The lowest BCUT2D eigenvalue weighted by atomic mass is 10.1. The number of nitrogen functional groups attached to an aromatic ring is 1. The number of aryl methyl sites for hydroxylation is 1. The van der Waals surface area contributed by atoms with Crippen molar-refractivity contribution in [3.63, 3.8) is 0 Å². The van der Waals surface area contributed by atoms with Crippen molar-refractivity contribution in [2.45, 2.75) is 0 Å². The van der Waals surface area contributed by atoms with Crippen LogP contribution in [0, 0.1) is 0 Å². The maximum absolute atomic E-state index is 5.82. The molecule has 0 saturated carbocycles. The van der Waals surface area contributed by atoms with Crippen LogP contribution < -0.4 is 5.73 Å². The molecular weight excluding hydrogens is 226 g/mol. The number of hydrogen-bond donors (Lipinski definition) is 1. The van der Waals surface area contributed by atoms with E-state index in [1.165, 1.54) is 0 Å². The van der Waals surface area contributed by atoms with Gasteiger partial charge in [-0.05, 0) is 12.1 Å². The highest BCUT2D eigenvalue weighted by molar-refractivity contribution is 5.71. The van der Waals surface area contributed by atoms with E-state index in [0.717, 1.165) is 16.9 Å². The fourth-order valence-electron chi connectivity index (χ4n) is 1.91. The number of nitrogens with zero attached hydrogens (tertiary/aromatic N) is 4. The van der Waals surface area contributed by atoms with Gasteiger partial charge in [0.2, 0.25) is 0 Å². The van der Waals surface area contributed by atoms with E-state index in [1.54, 1.807) is 10.9 Å². The lowest BCUT2D eigenvalue weighted by molar-refractivity contribution is 0.781. The lowest BCUT2D eigenvalue weighted by Gasteiger charge is -2.06. The molecule has 0 aliphatic rings. The zero-order valence-corrected chi connectivity index (χ0v) is 9.99. The number of aromatic nitrogens is 4. The Morgan fingerprint density at radius 3 is 2.67 bits per heavy atom. The third-order valence-electron chi connectivity index (χ3n) is 2.85. The Morgan fingerprint density at radius 1 is 1.17 bits per heavy atom. The van der Waals surface area contributed by atoms with E-state index in [0.29, 0.717) is 5.82 Å². The molecule has 0 spiro atoms. The zero-order chi connectivity index (χ0) is 12.5. The molecule has 0 unspecified atom stereocenters. The number of nitrogens with two attached hydrogens (primary N) is 1. The van der Waals surface area contributed by atoms with E-state index in [2.05, 4.69) is 10.2 Å². The van der Waals surface area contributed by atoms with Gasteiger partial charge < -0.3 is 5.73 Å². The Bertz CT molecular complexity index is 647. The molecule has 2 heterocycles. The Labute approximate surface area is 104 Å². The van der Waals surface area contributed by atoms with E-state index >= 15 is 0 Å². The zero-order valence-electron chi connectivity index (χ0n) is 9.99. The van der Waals surface area contributed by atoms with Crippen molar-refractivity contribution in [1.82, 2.24) is 19.6 Å². The van der Waals surface area contributed by atoms with Gasteiger partial charge in [0.1, 0.15) is 5.82 Å². The van der Waals surface area contributed by atoms with Crippen LogP contribution in [-0.2, 0) is 7.05 Å². The highest BCUT2D eigenvalue weighted by Gasteiger charge is 2.10. The van der Waals surface area contributed by atoms with E-state index in [9.17, 15) is 0 Å². The number of para-hydroxylation sites is 1. The first kappa shape index (κ1) is 10.6. The molecule has 0 fully saturated rings. The summed E-state index contributed by atoms with van der Waals surface area (Å²) in [5.41, 5.74) is 8.67. The van der Waals surface area contributed by atoms with Crippen LogP contribution in [0.15, 0.2) is 48.8 Å². The SMILES string of the molecule is Cn1nc(-c2ccccc2-n2cccn2)cc1N. The molecule has 0 aliphatic carbocycles. The van der Waals surface area contributed by atoms with Crippen molar-refractivity contribution in [2.24, 2.45) is 7.05 Å². The van der Waals surface area contributed by atoms with Gasteiger partial charge in [0.05, 0.1) is 11.4 Å². The normalized spacial score (nSPS) is 10.7. The Balaban J connectivity index is 2.18. The third kappa shape index (κ3) is 1.66. The van der Waals surface area contributed by atoms with Gasteiger partial charge in [0.25, 0.3) is 0 Å². The second kappa shape index (κ2) is 4.03. The number of benzene rings is 1. The highest BCUT2D eigenvalue weighted by atomic mass is 15.3. The molecule has 0 amide bonds. The quantitative estimate of drug-likeness (QED) is 0.742. The molecule has 5 heteroatoms. The van der Waals surface area contributed by atoms with Crippen LogP contribution in [0.2, 0.25) is 0 Å². The first-order chi connectivity index (χ1) is 8.75. The molecule has 1 aromatic carbocycles. The second-order valence-corrected chi connectivity index (χ2v) is 4.05. The van der Waals surface area contributed by atoms with Gasteiger partial charge in [0.15, 0.2) is 0 Å². The molecule has 2 aromatic heterocycles. The van der Waals surface area contributed by atoms with Crippen LogP contribution in [0.4, 0.5) is 5.82 Å². The van der Waals surface area contributed by atoms with Crippen LogP contribution >= 0.6 is 0 Å². The van der Waals surface area contributed by atoms with Gasteiger partial charge in [-0.1, -0.05) is 18.2 Å². The summed E-state index contributed by atoms with van der Waals surface area (Å²) in [6, 6.07) is 11.7. The van der Waals surface area contributed by atoms with Crippen LogP contribution in [0.5, 0.6) is 0 Å². The van der Waals surface area contributed by atoms with Gasteiger partial charge >= 0.3 is 0 Å². The fourth-order valence-corrected chi connectivity index (χ4v) is 1.91. The molecule has 3 aromatic rings. The molecule has 5 nitrogen and oxygen atoms in total.